The normalized spacial score (nSPS) is 15.5. The maximum absolute atomic E-state index is 6.21. The molecule has 3 heterocycles. The Morgan fingerprint density at radius 3 is 2.67 bits per heavy atom. The summed E-state index contributed by atoms with van der Waals surface area (Å²) in [5.74, 6) is 1.47. The van der Waals surface area contributed by atoms with Gasteiger partial charge in [-0.15, -0.1) is 11.3 Å². The fraction of sp³-hybridized carbons (Fsp3) is 0.455. The zero-order chi connectivity index (χ0) is 18.6. The third-order valence-corrected chi connectivity index (χ3v) is 6.12. The molecule has 0 saturated carbocycles. The average Bonchev–Trinajstić information content (AvgIpc) is 3.13. The van der Waals surface area contributed by atoms with Crippen molar-refractivity contribution in [2.45, 2.75) is 45.6 Å². The van der Waals surface area contributed by atoms with Gasteiger partial charge in [0.25, 0.3) is 0 Å². The number of rotatable bonds is 6. The van der Waals surface area contributed by atoms with E-state index >= 15 is 0 Å². The molecule has 0 atom stereocenters. The lowest BCUT2D eigenvalue weighted by molar-refractivity contribution is 0.158. The van der Waals surface area contributed by atoms with Crippen LogP contribution in [0.3, 0.4) is 0 Å². The molecule has 0 radical (unpaired) electrons. The van der Waals surface area contributed by atoms with Crippen molar-refractivity contribution in [2.24, 2.45) is 5.92 Å². The zero-order valence-electron chi connectivity index (χ0n) is 16.1. The first-order chi connectivity index (χ1) is 13.2. The summed E-state index contributed by atoms with van der Waals surface area (Å²) in [7, 11) is 0. The maximum Gasteiger partial charge on any atom is 0.235 e. The second-order valence-corrected chi connectivity index (χ2v) is 8.58. The molecule has 2 aromatic heterocycles. The first-order valence-electron chi connectivity index (χ1n) is 9.89. The number of hydrogen-bond acceptors (Lipinski definition) is 5. The lowest BCUT2D eigenvalue weighted by Crippen LogP contribution is -2.34. The van der Waals surface area contributed by atoms with E-state index in [-0.39, 0.29) is 6.10 Å². The van der Waals surface area contributed by atoms with E-state index in [1.54, 1.807) is 17.7 Å². The number of aryl methyl sites for hydroxylation is 1. The van der Waals surface area contributed by atoms with E-state index in [2.05, 4.69) is 58.8 Å². The molecular weight excluding hydrogens is 354 g/mol. The van der Waals surface area contributed by atoms with E-state index in [1.165, 1.54) is 23.1 Å². The van der Waals surface area contributed by atoms with Crippen molar-refractivity contribution in [3.63, 3.8) is 0 Å². The Balaban J connectivity index is 1.57. The number of nitrogens with zero attached hydrogens (tertiary/aromatic N) is 2. The van der Waals surface area contributed by atoms with Crippen LogP contribution < -0.4 is 10.1 Å². The third-order valence-electron chi connectivity index (χ3n) is 5.16. The maximum atomic E-state index is 6.21. The van der Waals surface area contributed by atoms with Gasteiger partial charge in [0.1, 0.15) is 17.1 Å². The molecule has 1 N–H and O–H groups in total. The molecule has 1 aromatic carbocycles. The van der Waals surface area contributed by atoms with Crippen LogP contribution in [-0.2, 0) is 6.42 Å². The Morgan fingerprint density at radius 1 is 1.15 bits per heavy atom. The lowest BCUT2D eigenvalue weighted by Gasteiger charge is -2.23. The van der Waals surface area contributed by atoms with Gasteiger partial charge < -0.3 is 10.1 Å². The van der Waals surface area contributed by atoms with Crippen LogP contribution >= 0.6 is 11.3 Å². The summed E-state index contributed by atoms with van der Waals surface area (Å²) in [6.07, 6.45) is 6.30. The fourth-order valence-electron chi connectivity index (χ4n) is 3.50. The van der Waals surface area contributed by atoms with Crippen LogP contribution in [0.4, 0.5) is 0 Å². The second kappa shape index (κ2) is 8.36. The van der Waals surface area contributed by atoms with Crippen molar-refractivity contribution in [3.8, 4) is 17.0 Å². The number of fused-ring (bicyclic) bond motifs is 1. The molecule has 1 fully saturated rings. The molecule has 3 aromatic rings. The molecule has 1 aliphatic heterocycles. The Labute approximate surface area is 165 Å². The van der Waals surface area contributed by atoms with Gasteiger partial charge in [-0.25, -0.2) is 9.97 Å². The highest BCUT2D eigenvalue weighted by Crippen LogP contribution is 2.37. The molecule has 4 nitrogen and oxygen atoms in total. The van der Waals surface area contributed by atoms with E-state index in [4.69, 9.17) is 4.74 Å². The van der Waals surface area contributed by atoms with Gasteiger partial charge in [-0.1, -0.05) is 38.1 Å². The Morgan fingerprint density at radius 2 is 1.93 bits per heavy atom. The van der Waals surface area contributed by atoms with Crippen LogP contribution in [0.15, 0.2) is 36.0 Å². The van der Waals surface area contributed by atoms with Crippen molar-refractivity contribution in [2.75, 3.05) is 13.1 Å². The predicted octanol–water partition coefficient (Wildman–Crippen LogP) is 5.08. The molecule has 142 valence electrons. The molecule has 1 aliphatic rings. The quantitative estimate of drug-likeness (QED) is 0.647. The molecule has 0 spiro atoms. The Kier molecular flexibility index (Phi) is 5.69. The topological polar surface area (TPSA) is 47.0 Å². The summed E-state index contributed by atoms with van der Waals surface area (Å²) in [5.41, 5.74) is 4.77. The van der Waals surface area contributed by atoms with Crippen LogP contribution in [0.25, 0.3) is 21.3 Å². The Bertz CT molecular complexity index is 882. The minimum absolute atomic E-state index is 0.246. The van der Waals surface area contributed by atoms with Gasteiger partial charge in [-0.05, 0) is 55.8 Å². The molecule has 4 rings (SSSR count). The van der Waals surface area contributed by atoms with Crippen LogP contribution in [0.2, 0.25) is 0 Å². The van der Waals surface area contributed by atoms with Crippen LogP contribution in [0.1, 0.15) is 38.7 Å². The minimum Gasteiger partial charge on any atom is -0.473 e. The summed E-state index contributed by atoms with van der Waals surface area (Å²) in [4.78, 5) is 8.98. The molecule has 0 bridgehead atoms. The van der Waals surface area contributed by atoms with Crippen molar-refractivity contribution >= 4 is 21.6 Å². The minimum atomic E-state index is 0.246. The summed E-state index contributed by atoms with van der Waals surface area (Å²) in [6, 6.07) is 8.92. The van der Waals surface area contributed by atoms with E-state index in [1.807, 2.05) is 0 Å². The van der Waals surface area contributed by atoms with Gasteiger partial charge in [-0.3, -0.25) is 0 Å². The van der Waals surface area contributed by atoms with Gasteiger partial charge in [0.15, 0.2) is 0 Å². The Hall–Kier alpha value is -1.98. The summed E-state index contributed by atoms with van der Waals surface area (Å²) >= 11 is 1.68. The largest absolute Gasteiger partial charge is 0.473 e. The smallest absolute Gasteiger partial charge is 0.235 e. The SMILES string of the molecule is CC(C)CCc1ccc(-c2csc3c(OC4CCNCC4)ncnc23)cc1. The van der Waals surface area contributed by atoms with E-state index in [9.17, 15) is 0 Å². The summed E-state index contributed by atoms with van der Waals surface area (Å²) in [6.45, 7) is 6.57. The second-order valence-electron chi connectivity index (χ2n) is 7.70. The highest BCUT2D eigenvalue weighted by Gasteiger charge is 2.19. The molecule has 0 aliphatic carbocycles. The molecule has 5 heteroatoms. The van der Waals surface area contributed by atoms with Gasteiger partial charge in [-0.2, -0.15) is 0 Å². The number of aromatic nitrogens is 2. The number of nitrogens with one attached hydrogen (secondary N) is 1. The first-order valence-corrected chi connectivity index (χ1v) is 10.8. The van der Waals surface area contributed by atoms with Crippen LogP contribution in [-0.4, -0.2) is 29.2 Å². The van der Waals surface area contributed by atoms with Crippen LogP contribution in [0.5, 0.6) is 5.88 Å². The average molecular weight is 382 g/mol. The van der Waals surface area contributed by atoms with E-state index < -0.39 is 0 Å². The van der Waals surface area contributed by atoms with Crippen molar-refractivity contribution in [1.29, 1.82) is 0 Å². The first kappa shape index (κ1) is 18.4. The summed E-state index contributed by atoms with van der Waals surface area (Å²) in [5, 5.41) is 5.55. The number of ether oxygens (including phenoxy) is 1. The summed E-state index contributed by atoms with van der Waals surface area (Å²) < 4.78 is 7.26. The monoisotopic (exact) mass is 381 g/mol. The van der Waals surface area contributed by atoms with E-state index in [0.29, 0.717) is 0 Å². The standard InChI is InChI=1S/C22H27N3OS/c1-15(2)3-4-16-5-7-17(8-6-16)19-13-27-21-20(19)24-14-25-22(21)26-18-9-11-23-12-10-18/h5-8,13-15,18,23H,3-4,9-12H2,1-2H3. The van der Waals surface area contributed by atoms with Crippen LogP contribution in [0, 0.1) is 5.92 Å². The molecule has 0 unspecified atom stereocenters. The third kappa shape index (κ3) is 4.30. The highest BCUT2D eigenvalue weighted by molar-refractivity contribution is 7.18. The van der Waals surface area contributed by atoms with Crippen molar-refractivity contribution in [3.05, 3.63) is 41.5 Å². The van der Waals surface area contributed by atoms with Gasteiger partial charge >= 0.3 is 0 Å². The highest BCUT2D eigenvalue weighted by atomic mass is 32.1. The van der Waals surface area contributed by atoms with Gasteiger partial charge in [0.05, 0.1) is 5.52 Å². The van der Waals surface area contributed by atoms with Crippen molar-refractivity contribution < 1.29 is 4.74 Å². The number of benzene rings is 1. The molecule has 0 amide bonds. The number of thiophene rings is 1. The predicted molar refractivity (Wildman–Crippen MR) is 113 cm³/mol. The number of piperidine rings is 1. The van der Waals surface area contributed by atoms with Gasteiger partial charge in [0.2, 0.25) is 5.88 Å². The molecule has 1 saturated heterocycles. The fourth-order valence-corrected chi connectivity index (χ4v) is 4.45. The number of hydrogen-bond donors (Lipinski definition) is 1. The zero-order valence-corrected chi connectivity index (χ0v) is 16.9. The molecular formula is C22H27N3OS. The lowest BCUT2D eigenvalue weighted by atomic mass is 10.00. The van der Waals surface area contributed by atoms with Crippen molar-refractivity contribution in [1.82, 2.24) is 15.3 Å². The van der Waals surface area contributed by atoms with E-state index in [0.717, 1.165) is 54.4 Å². The molecule has 27 heavy (non-hydrogen) atoms. The van der Waals surface area contributed by atoms with Gasteiger partial charge in [0, 0.05) is 10.9 Å².